The molecule has 86 valence electrons. The molecule has 2 rings (SSSR count). The maximum Gasteiger partial charge on any atom is 0.117 e. The first kappa shape index (κ1) is 14.5. The lowest BCUT2D eigenvalue weighted by Crippen LogP contribution is -2.00. The van der Waals surface area contributed by atoms with Crippen molar-refractivity contribution in [3.05, 3.63) is 27.7 Å². The fraction of sp³-hybridized carbons (Fsp3) is 0.500. The quantitative estimate of drug-likeness (QED) is 0.754. The van der Waals surface area contributed by atoms with Crippen LogP contribution in [0, 0.1) is 0 Å². The highest BCUT2D eigenvalue weighted by Crippen LogP contribution is 2.28. The Hall–Kier alpha value is -0.540. The number of phenols is 1. The van der Waals surface area contributed by atoms with Crippen LogP contribution in [-0.2, 0) is 13.1 Å². The Balaban J connectivity index is 0.000000442. The molecule has 1 aliphatic heterocycles. The second-order valence-electron chi connectivity index (χ2n) is 2.67. The van der Waals surface area contributed by atoms with E-state index >= 15 is 0 Å². The summed E-state index contributed by atoms with van der Waals surface area (Å²) in [6, 6.07) is 3.53. The van der Waals surface area contributed by atoms with Crippen molar-refractivity contribution in [2.45, 2.75) is 40.8 Å². The molecule has 1 aromatic rings. The van der Waals surface area contributed by atoms with E-state index < -0.39 is 0 Å². The van der Waals surface area contributed by atoms with Gasteiger partial charge in [0, 0.05) is 17.6 Å². The normalized spacial score (nSPS) is 11.8. The largest absolute Gasteiger partial charge is 0.508 e. The lowest BCUT2D eigenvalue weighted by atomic mass is 10.1. The van der Waals surface area contributed by atoms with Crippen molar-refractivity contribution in [3.63, 3.8) is 0 Å². The summed E-state index contributed by atoms with van der Waals surface area (Å²) in [5.74, 6) is 0.333. The summed E-state index contributed by atoms with van der Waals surface area (Å²) in [5.41, 5.74) is 2.46. The standard InChI is InChI=1S/C8H8BrNO.2C2H6/c9-8-2-6(11)1-5-3-10-4-7(5)8;2*1-2/h1-2,10-11H,3-4H2;2*1-2H3. The molecule has 3 heteroatoms. The second-order valence-corrected chi connectivity index (χ2v) is 3.52. The van der Waals surface area contributed by atoms with E-state index in [0.717, 1.165) is 17.6 Å². The molecule has 1 aliphatic rings. The Kier molecular flexibility index (Phi) is 7.44. The van der Waals surface area contributed by atoms with Gasteiger partial charge in [0.05, 0.1) is 0 Å². The summed E-state index contributed by atoms with van der Waals surface area (Å²) < 4.78 is 0.998. The van der Waals surface area contributed by atoms with Gasteiger partial charge < -0.3 is 10.4 Å². The molecule has 1 heterocycles. The van der Waals surface area contributed by atoms with E-state index in [0.29, 0.717) is 5.75 Å². The molecule has 2 N–H and O–H groups in total. The molecule has 15 heavy (non-hydrogen) atoms. The van der Waals surface area contributed by atoms with E-state index in [9.17, 15) is 5.11 Å². The van der Waals surface area contributed by atoms with Gasteiger partial charge in [0.25, 0.3) is 0 Å². The third-order valence-electron chi connectivity index (χ3n) is 1.89. The van der Waals surface area contributed by atoms with Gasteiger partial charge in [-0.15, -0.1) is 0 Å². The van der Waals surface area contributed by atoms with Crippen LogP contribution in [0.2, 0.25) is 0 Å². The lowest BCUT2D eigenvalue weighted by Gasteiger charge is -2.01. The Labute approximate surface area is 101 Å². The minimum Gasteiger partial charge on any atom is -0.508 e. The maximum absolute atomic E-state index is 9.22. The van der Waals surface area contributed by atoms with Gasteiger partial charge in [0.2, 0.25) is 0 Å². The zero-order chi connectivity index (χ0) is 11.8. The topological polar surface area (TPSA) is 32.3 Å². The molecule has 0 bridgehead atoms. The fourth-order valence-corrected chi connectivity index (χ4v) is 1.98. The Morgan fingerprint density at radius 1 is 1.13 bits per heavy atom. The summed E-state index contributed by atoms with van der Waals surface area (Å²) in [6.45, 7) is 9.76. The van der Waals surface area contributed by atoms with Crippen molar-refractivity contribution in [1.82, 2.24) is 5.32 Å². The monoisotopic (exact) mass is 273 g/mol. The molecule has 0 atom stereocenters. The molecule has 0 aromatic heterocycles. The van der Waals surface area contributed by atoms with Crippen LogP contribution in [0.4, 0.5) is 0 Å². The van der Waals surface area contributed by atoms with Crippen molar-refractivity contribution in [1.29, 1.82) is 0 Å². The van der Waals surface area contributed by atoms with Gasteiger partial charge in [-0.25, -0.2) is 0 Å². The maximum atomic E-state index is 9.22. The van der Waals surface area contributed by atoms with Crippen LogP contribution in [0.1, 0.15) is 38.8 Å². The average molecular weight is 274 g/mol. The predicted octanol–water partition coefficient (Wildman–Crippen LogP) is 3.81. The van der Waals surface area contributed by atoms with Crippen molar-refractivity contribution in [2.75, 3.05) is 0 Å². The van der Waals surface area contributed by atoms with Crippen molar-refractivity contribution in [3.8, 4) is 5.75 Å². The van der Waals surface area contributed by atoms with Crippen molar-refractivity contribution >= 4 is 15.9 Å². The van der Waals surface area contributed by atoms with Crippen LogP contribution in [0.25, 0.3) is 0 Å². The molecule has 0 saturated heterocycles. The van der Waals surface area contributed by atoms with Crippen LogP contribution in [0.15, 0.2) is 16.6 Å². The Bertz CT molecular complexity index is 300. The van der Waals surface area contributed by atoms with Gasteiger partial charge in [-0.3, -0.25) is 0 Å². The van der Waals surface area contributed by atoms with E-state index in [2.05, 4.69) is 21.2 Å². The first-order chi connectivity index (χ1) is 7.27. The van der Waals surface area contributed by atoms with Gasteiger partial charge in [-0.1, -0.05) is 43.6 Å². The molecule has 0 fully saturated rings. The SMILES string of the molecule is CC.CC.Oc1cc(Br)c2c(c1)CNC2. The van der Waals surface area contributed by atoms with E-state index in [1.54, 1.807) is 12.1 Å². The molecule has 0 amide bonds. The zero-order valence-electron chi connectivity index (χ0n) is 9.89. The van der Waals surface area contributed by atoms with Crippen LogP contribution >= 0.6 is 15.9 Å². The molecule has 0 radical (unpaired) electrons. The van der Waals surface area contributed by atoms with E-state index in [1.807, 2.05) is 27.7 Å². The van der Waals surface area contributed by atoms with Crippen molar-refractivity contribution < 1.29 is 5.11 Å². The minimum atomic E-state index is 0.333. The Morgan fingerprint density at radius 3 is 2.33 bits per heavy atom. The van der Waals surface area contributed by atoms with Gasteiger partial charge >= 0.3 is 0 Å². The number of aromatic hydroxyl groups is 1. The first-order valence-electron chi connectivity index (χ1n) is 5.48. The molecule has 0 unspecified atom stereocenters. The van der Waals surface area contributed by atoms with Gasteiger partial charge in [0.1, 0.15) is 5.75 Å². The summed E-state index contributed by atoms with van der Waals surface area (Å²) in [5, 5.41) is 12.4. The number of fused-ring (bicyclic) bond motifs is 1. The molecular formula is C12H20BrNO. The highest BCUT2D eigenvalue weighted by molar-refractivity contribution is 9.10. The Morgan fingerprint density at radius 2 is 1.73 bits per heavy atom. The third kappa shape index (κ3) is 3.84. The third-order valence-corrected chi connectivity index (χ3v) is 2.60. The van der Waals surface area contributed by atoms with Gasteiger partial charge in [-0.05, 0) is 23.3 Å². The molecule has 0 spiro atoms. The molecular weight excluding hydrogens is 254 g/mol. The summed E-state index contributed by atoms with van der Waals surface area (Å²) in [4.78, 5) is 0. The summed E-state index contributed by atoms with van der Waals surface area (Å²) in [7, 11) is 0. The number of phenolic OH excluding ortho intramolecular Hbond substituents is 1. The molecule has 0 saturated carbocycles. The highest BCUT2D eigenvalue weighted by Gasteiger charge is 2.13. The van der Waals surface area contributed by atoms with E-state index in [1.165, 1.54) is 11.1 Å². The van der Waals surface area contributed by atoms with Crippen LogP contribution < -0.4 is 5.32 Å². The van der Waals surface area contributed by atoms with Crippen LogP contribution in [-0.4, -0.2) is 5.11 Å². The number of hydrogen-bond acceptors (Lipinski definition) is 2. The highest BCUT2D eigenvalue weighted by atomic mass is 79.9. The van der Waals surface area contributed by atoms with Crippen molar-refractivity contribution in [2.24, 2.45) is 0 Å². The summed E-state index contributed by atoms with van der Waals surface area (Å²) >= 11 is 3.40. The lowest BCUT2D eigenvalue weighted by molar-refractivity contribution is 0.474. The minimum absolute atomic E-state index is 0.333. The summed E-state index contributed by atoms with van der Waals surface area (Å²) in [6.07, 6.45) is 0. The number of nitrogens with one attached hydrogen (secondary N) is 1. The molecule has 0 aliphatic carbocycles. The van der Waals surface area contributed by atoms with Crippen LogP contribution in [0.3, 0.4) is 0 Å². The van der Waals surface area contributed by atoms with E-state index in [-0.39, 0.29) is 0 Å². The zero-order valence-corrected chi connectivity index (χ0v) is 11.5. The van der Waals surface area contributed by atoms with Gasteiger partial charge in [0.15, 0.2) is 0 Å². The smallest absolute Gasteiger partial charge is 0.117 e. The van der Waals surface area contributed by atoms with E-state index in [4.69, 9.17) is 0 Å². The van der Waals surface area contributed by atoms with Crippen LogP contribution in [0.5, 0.6) is 5.75 Å². The number of rotatable bonds is 0. The first-order valence-corrected chi connectivity index (χ1v) is 6.27. The predicted molar refractivity (Wildman–Crippen MR) is 69.0 cm³/mol. The number of halogens is 1. The van der Waals surface area contributed by atoms with Gasteiger partial charge in [-0.2, -0.15) is 0 Å². The fourth-order valence-electron chi connectivity index (χ4n) is 1.36. The second kappa shape index (κ2) is 7.71. The number of hydrogen-bond donors (Lipinski definition) is 2. The average Bonchev–Trinajstić information content (AvgIpc) is 2.72. The number of benzene rings is 1. The molecule has 1 aromatic carbocycles. The molecule has 2 nitrogen and oxygen atoms in total.